The van der Waals surface area contributed by atoms with Gasteiger partial charge in [-0.3, -0.25) is 4.79 Å². The lowest BCUT2D eigenvalue weighted by Crippen LogP contribution is -2.46. The Morgan fingerprint density at radius 3 is 2.93 bits per heavy atom. The average molecular weight is 402 g/mol. The van der Waals surface area contributed by atoms with Crippen LogP contribution in [-0.4, -0.2) is 54.2 Å². The van der Waals surface area contributed by atoms with E-state index >= 15 is 0 Å². The van der Waals surface area contributed by atoms with Crippen LogP contribution in [-0.2, 0) is 14.3 Å². The van der Waals surface area contributed by atoms with Crippen molar-refractivity contribution >= 4 is 44.8 Å². The summed E-state index contributed by atoms with van der Waals surface area (Å²) in [4.78, 5) is 32.1. The number of aromatic nitrogens is 1. The molecule has 27 heavy (non-hydrogen) atoms. The van der Waals surface area contributed by atoms with Gasteiger partial charge in [0.25, 0.3) is 5.91 Å². The Labute approximate surface area is 164 Å². The van der Waals surface area contributed by atoms with Gasteiger partial charge in [0.1, 0.15) is 9.88 Å². The van der Waals surface area contributed by atoms with Gasteiger partial charge in [0.15, 0.2) is 6.61 Å². The molecule has 8 heteroatoms. The number of carbonyl (C=O) groups is 2. The number of hydrogen-bond acceptors (Lipinski definition) is 7. The summed E-state index contributed by atoms with van der Waals surface area (Å²) in [5, 5.41) is 0.874. The van der Waals surface area contributed by atoms with E-state index in [1.54, 1.807) is 22.3 Å². The van der Waals surface area contributed by atoms with Crippen LogP contribution in [0.15, 0.2) is 36.4 Å². The van der Waals surface area contributed by atoms with Crippen LogP contribution in [0.25, 0.3) is 20.1 Å². The molecule has 1 aromatic carbocycles. The Hall–Kier alpha value is -2.29. The maximum atomic E-state index is 12.3. The monoisotopic (exact) mass is 402 g/mol. The van der Waals surface area contributed by atoms with Gasteiger partial charge >= 0.3 is 5.97 Å². The third-order valence-corrected chi connectivity index (χ3v) is 6.50. The minimum atomic E-state index is -0.484. The number of ether oxygens (including phenoxy) is 2. The first-order chi connectivity index (χ1) is 13.1. The predicted molar refractivity (Wildman–Crippen MR) is 105 cm³/mol. The summed E-state index contributed by atoms with van der Waals surface area (Å²) < 4.78 is 11.7. The Balaban J connectivity index is 1.39. The molecule has 1 aliphatic heterocycles. The van der Waals surface area contributed by atoms with Crippen LogP contribution in [0.3, 0.4) is 0 Å². The van der Waals surface area contributed by atoms with Crippen molar-refractivity contribution in [2.24, 2.45) is 0 Å². The van der Waals surface area contributed by atoms with Crippen LogP contribution in [0, 0.1) is 0 Å². The number of amides is 1. The zero-order chi connectivity index (χ0) is 18.8. The van der Waals surface area contributed by atoms with Gasteiger partial charge in [-0.2, -0.15) is 0 Å². The van der Waals surface area contributed by atoms with Crippen molar-refractivity contribution in [1.82, 2.24) is 9.88 Å². The Bertz CT molecular complexity index is 948. The number of morpholine rings is 1. The molecule has 4 rings (SSSR count). The highest BCUT2D eigenvalue weighted by Crippen LogP contribution is 2.34. The molecule has 1 aliphatic rings. The van der Waals surface area contributed by atoms with Crippen LogP contribution >= 0.6 is 22.7 Å². The zero-order valence-corrected chi connectivity index (χ0v) is 16.3. The highest BCUT2D eigenvalue weighted by Gasteiger charge is 2.23. The van der Waals surface area contributed by atoms with E-state index in [1.807, 2.05) is 37.3 Å². The molecular weight excluding hydrogens is 384 g/mol. The van der Waals surface area contributed by atoms with Gasteiger partial charge in [-0.25, -0.2) is 9.78 Å². The smallest absolute Gasteiger partial charge is 0.348 e. The van der Waals surface area contributed by atoms with E-state index in [-0.39, 0.29) is 18.6 Å². The maximum Gasteiger partial charge on any atom is 0.348 e. The van der Waals surface area contributed by atoms with E-state index in [0.29, 0.717) is 24.6 Å². The van der Waals surface area contributed by atoms with Crippen molar-refractivity contribution in [3.05, 3.63) is 41.3 Å². The molecule has 0 radical (unpaired) electrons. The molecule has 0 saturated carbocycles. The second-order valence-electron chi connectivity index (χ2n) is 6.25. The first-order valence-electron chi connectivity index (χ1n) is 8.62. The number of carbonyl (C=O) groups excluding carboxylic acids is 2. The molecule has 1 saturated heterocycles. The van der Waals surface area contributed by atoms with Crippen molar-refractivity contribution in [3.63, 3.8) is 0 Å². The molecule has 3 aromatic rings. The number of fused-ring (bicyclic) bond motifs is 1. The van der Waals surface area contributed by atoms with E-state index in [9.17, 15) is 9.59 Å². The molecular formula is C19H18N2O4S2. The molecule has 1 fully saturated rings. The normalized spacial score (nSPS) is 17.2. The van der Waals surface area contributed by atoms with E-state index in [0.717, 1.165) is 20.1 Å². The molecule has 3 heterocycles. The third kappa shape index (κ3) is 4.02. The van der Waals surface area contributed by atoms with Crippen LogP contribution in [0.4, 0.5) is 0 Å². The fourth-order valence-corrected chi connectivity index (χ4v) is 4.79. The fraction of sp³-hybridized carbons (Fsp3) is 0.316. The van der Waals surface area contributed by atoms with Gasteiger partial charge in [0.2, 0.25) is 0 Å². The number of rotatable bonds is 4. The first-order valence-corrected chi connectivity index (χ1v) is 10.3. The zero-order valence-electron chi connectivity index (χ0n) is 14.7. The summed E-state index contributed by atoms with van der Waals surface area (Å²) >= 11 is 2.91. The molecule has 1 unspecified atom stereocenters. The lowest BCUT2D eigenvalue weighted by atomic mass is 10.3. The number of para-hydroxylation sites is 1. The largest absolute Gasteiger partial charge is 0.451 e. The fourth-order valence-electron chi connectivity index (χ4n) is 2.87. The highest BCUT2D eigenvalue weighted by atomic mass is 32.1. The van der Waals surface area contributed by atoms with Gasteiger partial charge < -0.3 is 14.4 Å². The van der Waals surface area contributed by atoms with Crippen LogP contribution < -0.4 is 0 Å². The number of nitrogens with zero attached hydrogens (tertiary/aromatic N) is 2. The van der Waals surface area contributed by atoms with Crippen molar-refractivity contribution < 1.29 is 19.1 Å². The molecule has 6 nitrogen and oxygen atoms in total. The third-order valence-electron chi connectivity index (χ3n) is 4.23. The SMILES string of the molecule is CC1CN(C(=O)COC(=O)c2ccc(-c3nc4ccccc4s3)s2)CCO1. The van der Waals surface area contributed by atoms with E-state index in [2.05, 4.69) is 4.98 Å². The van der Waals surface area contributed by atoms with Crippen molar-refractivity contribution in [2.45, 2.75) is 13.0 Å². The van der Waals surface area contributed by atoms with Gasteiger partial charge in [-0.05, 0) is 31.2 Å². The van der Waals surface area contributed by atoms with Crippen LogP contribution in [0.2, 0.25) is 0 Å². The summed E-state index contributed by atoms with van der Waals surface area (Å²) in [6.45, 7) is 3.23. The van der Waals surface area contributed by atoms with E-state index in [4.69, 9.17) is 9.47 Å². The highest BCUT2D eigenvalue weighted by molar-refractivity contribution is 7.26. The van der Waals surface area contributed by atoms with Gasteiger partial charge in [-0.1, -0.05) is 12.1 Å². The van der Waals surface area contributed by atoms with E-state index < -0.39 is 5.97 Å². The first kappa shape index (κ1) is 18.1. The molecule has 2 aromatic heterocycles. The number of thiazole rings is 1. The number of esters is 1. The molecule has 1 atom stereocenters. The standard InChI is InChI=1S/C19H18N2O4S2/c1-12-10-21(8-9-24-12)17(22)11-25-19(23)16-7-6-15(26-16)18-20-13-4-2-3-5-14(13)27-18/h2-7,12H,8-11H2,1H3. The molecule has 0 bridgehead atoms. The number of hydrogen-bond donors (Lipinski definition) is 0. The van der Waals surface area contributed by atoms with Crippen LogP contribution in [0.1, 0.15) is 16.6 Å². The maximum absolute atomic E-state index is 12.3. The quantitative estimate of drug-likeness (QED) is 0.626. The Morgan fingerprint density at radius 1 is 1.26 bits per heavy atom. The topological polar surface area (TPSA) is 68.7 Å². The number of benzene rings is 1. The molecule has 0 aliphatic carbocycles. The van der Waals surface area contributed by atoms with Crippen molar-refractivity contribution in [3.8, 4) is 9.88 Å². The lowest BCUT2D eigenvalue weighted by molar-refractivity contribution is -0.141. The lowest BCUT2D eigenvalue weighted by Gasteiger charge is -2.30. The van der Waals surface area contributed by atoms with Crippen molar-refractivity contribution in [1.29, 1.82) is 0 Å². The van der Waals surface area contributed by atoms with Crippen molar-refractivity contribution in [2.75, 3.05) is 26.3 Å². The summed E-state index contributed by atoms with van der Waals surface area (Å²) in [7, 11) is 0. The van der Waals surface area contributed by atoms with Gasteiger partial charge in [-0.15, -0.1) is 22.7 Å². The average Bonchev–Trinajstić information content (AvgIpc) is 3.32. The van der Waals surface area contributed by atoms with E-state index in [1.165, 1.54) is 11.3 Å². The summed E-state index contributed by atoms with van der Waals surface area (Å²) in [6.07, 6.45) is 0.00654. The minimum absolute atomic E-state index is 0.00654. The van der Waals surface area contributed by atoms with Gasteiger partial charge in [0, 0.05) is 13.1 Å². The Kier molecular flexibility index (Phi) is 5.20. The second kappa shape index (κ2) is 7.75. The molecule has 0 N–H and O–H groups in total. The molecule has 1 amide bonds. The van der Waals surface area contributed by atoms with Gasteiger partial charge in [0.05, 0.1) is 27.8 Å². The number of thiophene rings is 1. The molecule has 140 valence electrons. The Morgan fingerprint density at radius 2 is 2.11 bits per heavy atom. The van der Waals surface area contributed by atoms with Crippen LogP contribution in [0.5, 0.6) is 0 Å². The predicted octanol–water partition coefficient (Wildman–Crippen LogP) is 3.43. The second-order valence-corrected chi connectivity index (χ2v) is 8.36. The summed E-state index contributed by atoms with van der Waals surface area (Å²) in [5.41, 5.74) is 0.945. The summed E-state index contributed by atoms with van der Waals surface area (Å²) in [5.74, 6) is -0.677. The summed E-state index contributed by atoms with van der Waals surface area (Å²) in [6, 6.07) is 11.5. The minimum Gasteiger partial charge on any atom is -0.451 e. The molecule has 0 spiro atoms.